The third-order valence-corrected chi connectivity index (χ3v) is 3.14. The van der Waals surface area contributed by atoms with Crippen LogP contribution in [0.1, 0.15) is 17.2 Å². The van der Waals surface area contributed by atoms with Crippen molar-refractivity contribution in [2.75, 3.05) is 5.32 Å². The maximum Gasteiger partial charge on any atom is 0.418 e. The number of carbonyl (C=O) groups is 1. The summed E-state index contributed by atoms with van der Waals surface area (Å²) >= 11 is 2.95. The van der Waals surface area contributed by atoms with Crippen LogP contribution in [0, 0.1) is 0 Å². The minimum atomic E-state index is -4.73. The molecule has 0 aromatic heterocycles. The Morgan fingerprint density at radius 2 is 2.06 bits per heavy atom. The third kappa shape index (κ3) is 2.30. The molecule has 0 spiro atoms. The topological polar surface area (TPSA) is 49.3 Å². The molecule has 92 valence electrons. The Labute approximate surface area is 103 Å². The predicted octanol–water partition coefficient (Wildman–Crippen LogP) is 2.54. The van der Waals surface area contributed by atoms with Crippen molar-refractivity contribution in [3.63, 3.8) is 0 Å². The second-order valence-corrected chi connectivity index (χ2v) is 4.55. The molecule has 0 radical (unpaired) electrons. The number of alkyl halides is 3. The standard InChI is InChI=1S/C10H7BrF3NO2/c11-6-3-7-4(2-8(16)15-7)1-5(6)9(17)10(12,13)14/h1,3,9,17H,2H2,(H,15,16). The highest BCUT2D eigenvalue weighted by Crippen LogP contribution is 2.39. The summed E-state index contributed by atoms with van der Waals surface area (Å²) in [6, 6.07) is 2.56. The Hall–Kier alpha value is -1.08. The van der Waals surface area contributed by atoms with Crippen molar-refractivity contribution in [1.29, 1.82) is 0 Å². The van der Waals surface area contributed by atoms with Gasteiger partial charge in [0.1, 0.15) is 0 Å². The summed E-state index contributed by atoms with van der Waals surface area (Å²) in [7, 11) is 0. The van der Waals surface area contributed by atoms with Crippen LogP contribution < -0.4 is 5.32 Å². The Morgan fingerprint density at radius 3 is 2.65 bits per heavy atom. The van der Waals surface area contributed by atoms with Gasteiger partial charge in [-0.3, -0.25) is 4.79 Å². The molecular formula is C10H7BrF3NO2. The maximum absolute atomic E-state index is 12.4. The van der Waals surface area contributed by atoms with E-state index in [1.54, 1.807) is 0 Å². The molecule has 1 amide bonds. The first-order valence-corrected chi connectivity index (χ1v) is 5.45. The molecule has 1 aromatic rings. The van der Waals surface area contributed by atoms with Crippen LogP contribution in [0.15, 0.2) is 16.6 Å². The van der Waals surface area contributed by atoms with Gasteiger partial charge in [-0.05, 0) is 17.7 Å². The van der Waals surface area contributed by atoms with Crippen LogP contribution in [0.25, 0.3) is 0 Å². The van der Waals surface area contributed by atoms with Crippen LogP contribution in [-0.4, -0.2) is 17.2 Å². The molecular weight excluding hydrogens is 303 g/mol. The highest BCUT2D eigenvalue weighted by Gasteiger charge is 2.41. The number of carbonyl (C=O) groups excluding carboxylic acids is 1. The first kappa shape index (κ1) is 12.4. The normalized spacial score (nSPS) is 16.6. The van der Waals surface area contributed by atoms with Crippen molar-refractivity contribution in [3.05, 3.63) is 27.7 Å². The third-order valence-electron chi connectivity index (χ3n) is 2.45. The lowest BCUT2D eigenvalue weighted by Crippen LogP contribution is -2.20. The average Bonchev–Trinajstić information content (AvgIpc) is 2.53. The highest BCUT2D eigenvalue weighted by atomic mass is 79.9. The van der Waals surface area contributed by atoms with Crippen LogP contribution >= 0.6 is 15.9 Å². The number of benzene rings is 1. The summed E-state index contributed by atoms with van der Waals surface area (Å²) in [5, 5.41) is 11.7. The zero-order chi connectivity index (χ0) is 12.8. The Morgan fingerprint density at radius 1 is 1.41 bits per heavy atom. The summed E-state index contributed by atoms with van der Waals surface area (Å²) in [4.78, 5) is 11.1. The van der Waals surface area contributed by atoms with Crippen LogP contribution in [-0.2, 0) is 11.2 Å². The molecule has 0 fully saturated rings. The second kappa shape index (κ2) is 3.99. The summed E-state index contributed by atoms with van der Waals surface area (Å²) in [5.41, 5.74) is 0.643. The first-order chi connectivity index (χ1) is 7.79. The van der Waals surface area contributed by atoms with Gasteiger partial charge in [0.15, 0.2) is 6.10 Å². The van der Waals surface area contributed by atoms with Crippen molar-refractivity contribution in [3.8, 4) is 0 Å². The van der Waals surface area contributed by atoms with Gasteiger partial charge in [-0.1, -0.05) is 15.9 Å². The van der Waals surface area contributed by atoms with E-state index in [2.05, 4.69) is 21.2 Å². The average molecular weight is 310 g/mol. The Bertz CT molecular complexity index is 487. The minimum Gasteiger partial charge on any atom is -0.379 e. The van der Waals surface area contributed by atoms with E-state index >= 15 is 0 Å². The van der Waals surface area contributed by atoms with Gasteiger partial charge in [0, 0.05) is 15.7 Å². The lowest BCUT2D eigenvalue weighted by Gasteiger charge is -2.17. The molecule has 1 atom stereocenters. The molecule has 0 saturated heterocycles. The monoisotopic (exact) mass is 309 g/mol. The molecule has 17 heavy (non-hydrogen) atoms. The molecule has 1 aliphatic heterocycles. The fourth-order valence-corrected chi connectivity index (χ4v) is 2.21. The van der Waals surface area contributed by atoms with E-state index in [0.29, 0.717) is 11.3 Å². The van der Waals surface area contributed by atoms with Gasteiger partial charge in [0.25, 0.3) is 0 Å². The van der Waals surface area contributed by atoms with E-state index in [1.165, 1.54) is 12.1 Å². The molecule has 0 saturated carbocycles. The molecule has 1 unspecified atom stereocenters. The van der Waals surface area contributed by atoms with Crippen molar-refractivity contribution in [2.45, 2.75) is 18.7 Å². The van der Waals surface area contributed by atoms with E-state index in [-0.39, 0.29) is 22.4 Å². The molecule has 0 bridgehead atoms. The number of halogens is 4. The SMILES string of the molecule is O=C1Cc2cc(C(O)C(F)(F)F)c(Br)cc2N1. The van der Waals surface area contributed by atoms with Gasteiger partial charge in [-0.25, -0.2) is 0 Å². The van der Waals surface area contributed by atoms with Crippen LogP contribution in [0.5, 0.6) is 0 Å². The summed E-state index contributed by atoms with van der Waals surface area (Å²) in [6.45, 7) is 0. The van der Waals surface area contributed by atoms with Crippen molar-refractivity contribution < 1.29 is 23.1 Å². The lowest BCUT2D eigenvalue weighted by molar-refractivity contribution is -0.207. The molecule has 1 heterocycles. The van der Waals surface area contributed by atoms with E-state index in [4.69, 9.17) is 0 Å². The molecule has 7 heteroatoms. The minimum absolute atomic E-state index is 0.0280. The van der Waals surface area contributed by atoms with Gasteiger partial charge < -0.3 is 10.4 Å². The number of aliphatic hydroxyl groups is 1. The largest absolute Gasteiger partial charge is 0.418 e. The Balaban J connectivity index is 2.44. The van der Waals surface area contributed by atoms with Crippen LogP contribution in [0.3, 0.4) is 0 Å². The summed E-state index contributed by atoms with van der Waals surface area (Å²) in [6.07, 6.45) is -7.26. The number of rotatable bonds is 1. The van der Waals surface area contributed by atoms with E-state index in [9.17, 15) is 23.1 Å². The number of aliphatic hydroxyl groups excluding tert-OH is 1. The van der Waals surface area contributed by atoms with Crippen molar-refractivity contribution >= 4 is 27.5 Å². The quantitative estimate of drug-likeness (QED) is 0.837. The number of anilines is 1. The van der Waals surface area contributed by atoms with Gasteiger partial charge in [0.2, 0.25) is 5.91 Å². The molecule has 1 aliphatic rings. The van der Waals surface area contributed by atoms with E-state index in [0.717, 1.165) is 0 Å². The van der Waals surface area contributed by atoms with Gasteiger partial charge in [-0.15, -0.1) is 0 Å². The zero-order valence-electron chi connectivity index (χ0n) is 8.31. The summed E-state index contributed by atoms with van der Waals surface area (Å²) in [5.74, 6) is -0.273. The Kier molecular flexibility index (Phi) is 2.90. The predicted molar refractivity (Wildman–Crippen MR) is 57.5 cm³/mol. The molecule has 2 rings (SSSR count). The smallest absolute Gasteiger partial charge is 0.379 e. The fourth-order valence-electron chi connectivity index (χ4n) is 1.65. The van der Waals surface area contributed by atoms with Crippen LogP contribution in [0.2, 0.25) is 0 Å². The number of amides is 1. The van der Waals surface area contributed by atoms with E-state index in [1.807, 2.05) is 0 Å². The molecule has 2 N–H and O–H groups in total. The van der Waals surface area contributed by atoms with Crippen molar-refractivity contribution in [2.24, 2.45) is 0 Å². The van der Waals surface area contributed by atoms with Crippen LogP contribution in [0.4, 0.5) is 18.9 Å². The maximum atomic E-state index is 12.4. The number of hydrogen-bond donors (Lipinski definition) is 2. The lowest BCUT2D eigenvalue weighted by atomic mass is 10.0. The number of hydrogen-bond acceptors (Lipinski definition) is 2. The van der Waals surface area contributed by atoms with Gasteiger partial charge in [0.05, 0.1) is 6.42 Å². The highest BCUT2D eigenvalue weighted by molar-refractivity contribution is 9.10. The second-order valence-electron chi connectivity index (χ2n) is 3.70. The first-order valence-electron chi connectivity index (χ1n) is 4.66. The molecule has 0 aliphatic carbocycles. The fraction of sp³-hybridized carbons (Fsp3) is 0.300. The number of fused-ring (bicyclic) bond motifs is 1. The van der Waals surface area contributed by atoms with Gasteiger partial charge >= 0.3 is 6.18 Å². The van der Waals surface area contributed by atoms with E-state index < -0.39 is 12.3 Å². The summed E-state index contributed by atoms with van der Waals surface area (Å²) < 4.78 is 37.3. The van der Waals surface area contributed by atoms with Crippen molar-refractivity contribution in [1.82, 2.24) is 0 Å². The molecule has 3 nitrogen and oxygen atoms in total. The zero-order valence-corrected chi connectivity index (χ0v) is 9.89. The van der Waals surface area contributed by atoms with Gasteiger partial charge in [-0.2, -0.15) is 13.2 Å². The number of nitrogens with one attached hydrogen (secondary N) is 1. The molecule has 1 aromatic carbocycles.